The summed E-state index contributed by atoms with van der Waals surface area (Å²) >= 11 is 0. The molecule has 1 atom stereocenters. The second kappa shape index (κ2) is 5.50. The number of nitrogens with zero attached hydrogens (tertiary/aromatic N) is 3. The van der Waals surface area contributed by atoms with Crippen molar-refractivity contribution >= 4 is 17.5 Å². The Labute approximate surface area is 131 Å². The Morgan fingerprint density at radius 2 is 2.26 bits per heavy atom. The number of anilines is 2. The lowest BCUT2D eigenvalue weighted by Crippen LogP contribution is -2.38. The number of benzene rings is 1. The average Bonchev–Trinajstić information content (AvgIpc) is 2.54. The number of aromatic nitrogens is 1. The summed E-state index contributed by atoms with van der Waals surface area (Å²) in [7, 11) is 0. The van der Waals surface area contributed by atoms with E-state index in [1.807, 2.05) is 0 Å². The molecule has 0 amide bonds. The van der Waals surface area contributed by atoms with Gasteiger partial charge in [0.2, 0.25) is 0 Å². The molecule has 23 heavy (non-hydrogen) atoms. The van der Waals surface area contributed by atoms with Gasteiger partial charge in [0.15, 0.2) is 6.07 Å². The third-order valence-electron chi connectivity index (χ3n) is 3.68. The molecule has 1 heterocycles. The summed E-state index contributed by atoms with van der Waals surface area (Å²) in [6, 6.07) is 9.28. The number of nitrogens with one attached hydrogen (secondary N) is 1. The molecule has 0 saturated heterocycles. The summed E-state index contributed by atoms with van der Waals surface area (Å²) in [6.45, 7) is 0. The minimum Gasteiger partial charge on any atom is -0.355 e. The van der Waals surface area contributed by atoms with E-state index >= 15 is 0 Å². The first-order valence-electron chi connectivity index (χ1n) is 6.79. The minimum atomic E-state index is -1.81. The van der Waals surface area contributed by atoms with Crippen molar-refractivity contribution in [3.63, 3.8) is 0 Å². The van der Waals surface area contributed by atoms with Gasteiger partial charge in [-0.1, -0.05) is 6.07 Å². The summed E-state index contributed by atoms with van der Waals surface area (Å²) in [5.74, 6) is -0.394. The van der Waals surface area contributed by atoms with Gasteiger partial charge >= 0.3 is 5.54 Å². The van der Waals surface area contributed by atoms with E-state index in [2.05, 4.69) is 10.3 Å². The molecule has 2 aromatic rings. The Hall–Kier alpha value is -3.27. The minimum absolute atomic E-state index is 0.103. The van der Waals surface area contributed by atoms with Crippen LogP contribution in [0.1, 0.15) is 11.3 Å². The molecule has 1 aromatic heterocycles. The van der Waals surface area contributed by atoms with Gasteiger partial charge in [0.05, 0.1) is 12.1 Å². The summed E-state index contributed by atoms with van der Waals surface area (Å²) in [6.07, 6.45) is 4.18. The molecule has 0 fully saturated rings. The molecule has 114 valence electrons. The highest BCUT2D eigenvalue weighted by molar-refractivity contribution is 5.70. The Morgan fingerprint density at radius 3 is 2.96 bits per heavy atom. The number of nitriles is 1. The zero-order valence-corrected chi connectivity index (χ0v) is 11.9. The van der Waals surface area contributed by atoms with Crippen molar-refractivity contribution in [2.24, 2.45) is 0 Å². The van der Waals surface area contributed by atoms with Crippen LogP contribution in [0.25, 0.3) is 6.08 Å². The highest BCUT2D eigenvalue weighted by Crippen LogP contribution is 2.33. The lowest BCUT2D eigenvalue weighted by atomic mass is 9.86. The molecule has 0 spiro atoms. The molecule has 0 bridgehead atoms. The Kier molecular flexibility index (Phi) is 3.50. The molecule has 0 saturated carbocycles. The van der Waals surface area contributed by atoms with Gasteiger partial charge in [0, 0.05) is 34.1 Å². The van der Waals surface area contributed by atoms with Crippen LogP contribution in [0.3, 0.4) is 0 Å². The highest BCUT2D eigenvalue weighted by Gasteiger charge is 2.44. The zero-order chi connectivity index (χ0) is 16.4. The summed E-state index contributed by atoms with van der Waals surface area (Å²) < 4.78 is 13.3. The molecule has 1 aromatic carbocycles. The lowest BCUT2D eigenvalue weighted by Gasteiger charge is -2.22. The smallest absolute Gasteiger partial charge is 0.328 e. The van der Waals surface area contributed by atoms with E-state index in [4.69, 9.17) is 0 Å². The standard InChI is InChI=1S/C16H11FN4O2/c17-11-2-1-3-12(8-11)20-15-5-7-19-14-4-6-16(10-18,21(22)23)9-13(14)15/h1-8H,9H2,(H,19,20). The maximum atomic E-state index is 13.3. The van der Waals surface area contributed by atoms with E-state index in [1.54, 1.807) is 30.5 Å². The molecule has 1 aliphatic rings. The van der Waals surface area contributed by atoms with Crippen LogP contribution in [-0.4, -0.2) is 15.4 Å². The van der Waals surface area contributed by atoms with Gasteiger partial charge in [-0.2, -0.15) is 5.26 Å². The van der Waals surface area contributed by atoms with Crippen molar-refractivity contribution in [3.05, 3.63) is 69.8 Å². The molecular weight excluding hydrogens is 299 g/mol. The van der Waals surface area contributed by atoms with Gasteiger partial charge in [-0.25, -0.2) is 4.39 Å². The van der Waals surface area contributed by atoms with Gasteiger partial charge in [-0.05, 0) is 30.3 Å². The first-order chi connectivity index (χ1) is 11.0. The van der Waals surface area contributed by atoms with E-state index in [-0.39, 0.29) is 6.42 Å². The Balaban J connectivity index is 2.02. The van der Waals surface area contributed by atoms with Crippen LogP contribution in [0.2, 0.25) is 0 Å². The molecule has 1 unspecified atom stereocenters. The van der Waals surface area contributed by atoms with Gasteiger partial charge in [0.25, 0.3) is 0 Å². The largest absolute Gasteiger partial charge is 0.355 e. The van der Waals surface area contributed by atoms with Crippen molar-refractivity contribution < 1.29 is 9.31 Å². The zero-order valence-electron chi connectivity index (χ0n) is 11.9. The van der Waals surface area contributed by atoms with Crippen LogP contribution in [0, 0.1) is 27.3 Å². The molecule has 0 aliphatic heterocycles. The van der Waals surface area contributed by atoms with Crippen LogP contribution < -0.4 is 5.32 Å². The molecule has 3 rings (SSSR count). The number of halogens is 1. The van der Waals surface area contributed by atoms with Gasteiger partial charge in [-0.3, -0.25) is 15.1 Å². The van der Waals surface area contributed by atoms with Gasteiger partial charge in [0.1, 0.15) is 5.82 Å². The third kappa shape index (κ3) is 2.62. The predicted molar refractivity (Wildman–Crippen MR) is 82.0 cm³/mol. The molecule has 6 nitrogen and oxygen atoms in total. The fourth-order valence-electron chi connectivity index (χ4n) is 2.47. The van der Waals surface area contributed by atoms with Crippen LogP contribution in [0.5, 0.6) is 0 Å². The van der Waals surface area contributed by atoms with Crippen LogP contribution in [0.15, 0.2) is 42.6 Å². The highest BCUT2D eigenvalue weighted by atomic mass is 19.1. The predicted octanol–water partition coefficient (Wildman–Crippen LogP) is 3.07. The van der Waals surface area contributed by atoms with Crippen LogP contribution >= 0.6 is 0 Å². The number of rotatable bonds is 3. The second-order valence-electron chi connectivity index (χ2n) is 5.16. The van der Waals surface area contributed by atoms with E-state index in [1.165, 1.54) is 24.3 Å². The second-order valence-corrected chi connectivity index (χ2v) is 5.16. The van der Waals surface area contributed by atoms with Crippen molar-refractivity contribution in [2.75, 3.05) is 5.32 Å². The monoisotopic (exact) mass is 310 g/mol. The quantitative estimate of drug-likeness (QED) is 0.694. The van der Waals surface area contributed by atoms with E-state index in [0.29, 0.717) is 22.6 Å². The molecule has 0 radical (unpaired) electrons. The van der Waals surface area contributed by atoms with Gasteiger partial charge < -0.3 is 5.32 Å². The number of fused-ring (bicyclic) bond motifs is 1. The number of hydrogen-bond donors (Lipinski definition) is 1. The van der Waals surface area contributed by atoms with Crippen molar-refractivity contribution in [3.8, 4) is 6.07 Å². The number of nitro groups is 1. The molecule has 1 aliphatic carbocycles. The Morgan fingerprint density at radius 1 is 1.43 bits per heavy atom. The third-order valence-corrected chi connectivity index (χ3v) is 3.68. The SMILES string of the molecule is N#CC1([N+](=O)[O-])C=Cc2nccc(Nc3cccc(F)c3)c2C1. The number of pyridine rings is 1. The van der Waals surface area contributed by atoms with Gasteiger partial charge in [-0.15, -0.1) is 0 Å². The van der Waals surface area contributed by atoms with E-state index in [9.17, 15) is 19.8 Å². The van der Waals surface area contributed by atoms with Crippen LogP contribution in [-0.2, 0) is 6.42 Å². The summed E-state index contributed by atoms with van der Waals surface area (Å²) in [4.78, 5) is 14.8. The fourth-order valence-corrected chi connectivity index (χ4v) is 2.47. The first-order valence-corrected chi connectivity index (χ1v) is 6.79. The fraction of sp³-hybridized carbons (Fsp3) is 0.125. The molecule has 7 heteroatoms. The normalized spacial score (nSPS) is 18.8. The average molecular weight is 310 g/mol. The van der Waals surface area contributed by atoms with Crippen LogP contribution in [0.4, 0.5) is 15.8 Å². The van der Waals surface area contributed by atoms with E-state index in [0.717, 1.165) is 0 Å². The topological polar surface area (TPSA) is 91.8 Å². The van der Waals surface area contributed by atoms with Crippen molar-refractivity contribution in [1.82, 2.24) is 4.98 Å². The van der Waals surface area contributed by atoms with Crippen molar-refractivity contribution in [2.45, 2.75) is 12.0 Å². The van der Waals surface area contributed by atoms with Crippen molar-refractivity contribution in [1.29, 1.82) is 5.26 Å². The Bertz CT molecular complexity index is 859. The summed E-state index contributed by atoms with van der Waals surface area (Å²) in [5, 5.41) is 23.5. The maximum Gasteiger partial charge on any atom is 0.328 e. The van der Waals surface area contributed by atoms with E-state index < -0.39 is 16.3 Å². The maximum absolute atomic E-state index is 13.3. The molecule has 1 N–H and O–H groups in total. The summed E-state index contributed by atoms with van der Waals surface area (Å²) in [5.41, 5.74) is 0.369. The lowest BCUT2D eigenvalue weighted by molar-refractivity contribution is -0.537. The first kappa shape index (κ1) is 14.7. The molecular formula is C16H11FN4O2. The number of hydrogen-bond acceptors (Lipinski definition) is 5.